The van der Waals surface area contributed by atoms with Crippen molar-refractivity contribution in [3.63, 3.8) is 0 Å². The van der Waals surface area contributed by atoms with Gasteiger partial charge in [-0.15, -0.1) is 11.3 Å². The van der Waals surface area contributed by atoms with Crippen LogP contribution in [0.1, 0.15) is 26.8 Å². The van der Waals surface area contributed by atoms with Crippen molar-refractivity contribution in [1.29, 1.82) is 0 Å². The largest absolute Gasteiger partial charge is 0.495 e. The molecule has 1 atom stereocenters. The van der Waals surface area contributed by atoms with Crippen molar-refractivity contribution in [1.82, 2.24) is 5.32 Å². The number of para-hydroxylation sites is 2. The lowest BCUT2D eigenvalue weighted by atomic mass is 10.1. The highest BCUT2D eigenvalue weighted by Crippen LogP contribution is 2.26. The van der Waals surface area contributed by atoms with Gasteiger partial charge in [0.2, 0.25) is 5.91 Å². The van der Waals surface area contributed by atoms with Gasteiger partial charge < -0.3 is 15.4 Å². The van der Waals surface area contributed by atoms with E-state index in [2.05, 4.69) is 22.0 Å². The molecule has 0 aliphatic heterocycles. The Hall–Kier alpha value is -3.94. The highest BCUT2D eigenvalue weighted by atomic mass is 32.1. The molecule has 0 radical (unpaired) electrons. The van der Waals surface area contributed by atoms with Crippen LogP contribution >= 0.6 is 11.3 Å². The van der Waals surface area contributed by atoms with Crippen molar-refractivity contribution in [3.05, 3.63) is 112 Å². The first-order valence-corrected chi connectivity index (χ1v) is 11.7. The highest BCUT2D eigenvalue weighted by Gasteiger charge is 2.16. The maximum Gasteiger partial charge on any atom is 0.255 e. The first kappa shape index (κ1) is 23.2. The second kappa shape index (κ2) is 11.3. The van der Waals surface area contributed by atoms with Crippen LogP contribution < -0.4 is 20.7 Å². The number of methoxy groups -OCH3 is 1. The number of hydrogen-bond acceptors (Lipinski definition) is 5. The zero-order valence-electron chi connectivity index (χ0n) is 18.7. The summed E-state index contributed by atoms with van der Waals surface area (Å²) in [6, 6.07) is 28.0. The number of ether oxygens (including phenoxy) is 1. The van der Waals surface area contributed by atoms with E-state index in [1.54, 1.807) is 54.8 Å². The van der Waals surface area contributed by atoms with E-state index in [0.29, 0.717) is 22.7 Å². The number of carbonyl (C=O) groups excluding carboxylic acids is 2. The van der Waals surface area contributed by atoms with Crippen molar-refractivity contribution in [2.24, 2.45) is 0 Å². The van der Waals surface area contributed by atoms with Crippen molar-refractivity contribution in [2.75, 3.05) is 24.3 Å². The number of thiophene rings is 1. The average Bonchev–Trinajstić information content (AvgIpc) is 3.40. The molecule has 34 heavy (non-hydrogen) atoms. The van der Waals surface area contributed by atoms with Crippen molar-refractivity contribution in [2.45, 2.75) is 6.04 Å². The molecule has 3 N–H and O–H groups in total. The standard InChI is InChI=1S/C27H25N3O3S/c1-33-23-11-6-5-10-22(23)30-27(32)20-13-15-21(16-14-20)29-25(31)18-28-26(24-12-7-17-34-24)19-8-3-2-4-9-19/h2-17,26,28H,18H2,1H3,(H,29,31)(H,30,32)/t26-/m1/s1. The predicted octanol–water partition coefficient (Wildman–Crippen LogP) is 5.33. The van der Waals surface area contributed by atoms with E-state index in [-0.39, 0.29) is 24.4 Å². The summed E-state index contributed by atoms with van der Waals surface area (Å²) in [4.78, 5) is 26.3. The Morgan fingerprint density at radius 1 is 0.853 bits per heavy atom. The summed E-state index contributed by atoms with van der Waals surface area (Å²) >= 11 is 1.65. The molecule has 4 aromatic rings. The monoisotopic (exact) mass is 471 g/mol. The number of benzene rings is 3. The van der Waals surface area contributed by atoms with Gasteiger partial charge in [0.1, 0.15) is 5.75 Å². The summed E-state index contributed by atoms with van der Waals surface area (Å²) in [6.07, 6.45) is 0. The summed E-state index contributed by atoms with van der Waals surface area (Å²) < 4.78 is 5.27. The summed E-state index contributed by atoms with van der Waals surface area (Å²) in [7, 11) is 1.56. The van der Waals surface area contributed by atoms with Crippen LogP contribution in [0.5, 0.6) is 5.75 Å². The Morgan fingerprint density at radius 2 is 1.59 bits per heavy atom. The van der Waals surface area contributed by atoms with Crippen LogP contribution in [-0.2, 0) is 4.79 Å². The maximum absolute atomic E-state index is 12.6. The molecule has 4 rings (SSSR count). The fourth-order valence-electron chi connectivity index (χ4n) is 3.53. The third-order valence-corrected chi connectivity index (χ3v) is 6.15. The first-order chi connectivity index (χ1) is 16.6. The van der Waals surface area contributed by atoms with Gasteiger partial charge in [-0.25, -0.2) is 0 Å². The number of amides is 2. The molecule has 0 saturated heterocycles. The number of rotatable bonds is 9. The van der Waals surface area contributed by atoms with Crippen LogP contribution in [0.4, 0.5) is 11.4 Å². The van der Waals surface area contributed by atoms with Crippen LogP contribution in [0.25, 0.3) is 0 Å². The average molecular weight is 472 g/mol. The molecule has 0 aliphatic carbocycles. The third-order valence-electron chi connectivity index (χ3n) is 5.21. The smallest absolute Gasteiger partial charge is 0.255 e. The van der Waals surface area contributed by atoms with Crippen LogP contribution in [0.3, 0.4) is 0 Å². The number of nitrogens with one attached hydrogen (secondary N) is 3. The van der Waals surface area contributed by atoms with E-state index in [0.717, 1.165) is 10.4 Å². The van der Waals surface area contributed by atoms with E-state index in [4.69, 9.17) is 4.74 Å². The summed E-state index contributed by atoms with van der Waals surface area (Å²) in [5.41, 5.74) is 2.79. The molecule has 2 amide bonds. The lowest BCUT2D eigenvalue weighted by Gasteiger charge is -2.18. The normalized spacial score (nSPS) is 11.4. The molecular weight excluding hydrogens is 446 g/mol. The molecule has 6 nitrogen and oxygen atoms in total. The molecule has 3 aromatic carbocycles. The topological polar surface area (TPSA) is 79.5 Å². The van der Waals surface area contributed by atoms with Gasteiger partial charge in [0.25, 0.3) is 5.91 Å². The van der Waals surface area contributed by atoms with Crippen LogP contribution in [0, 0.1) is 0 Å². The summed E-state index contributed by atoms with van der Waals surface area (Å²) in [5, 5.41) is 11.1. The molecule has 1 aromatic heterocycles. The van der Waals surface area contributed by atoms with Crippen LogP contribution in [-0.4, -0.2) is 25.5 Å². The minimum absolute atomic E-state index is 0.0620. The van der Waals surface area contributed by atoms with E-state index in [1.165, 1.54) is 0 Å². The van der Waals surface area contributed by atoms with E-state index < -0.39 is 0 Å². The molecule has 0 bridgehead atoms. The fraction of sp³-hybridized carbons (Fsp3) is 0.111. The van der Waals surface area contributed by atoms with Crippen LogP contribution in [0.15, 0.2) is 96.4 Å². The lowest BCUT2D eigenvalue weighted by molar-refractivity contribution is -0.115. The van der Waals surface area contributed by atoms with Gasteiger partial charge in [-0.2, -0.15) is 0 Å². The Labute approximate surface area is 202 Å². The zero-order chi connectivity index (χ0) is 23.8. The van der Waals surface area contributed by atoms with Crippen LogP contribution in [0.2, 0.25) is 0 Å². The summed E-state index contributed by atoms with van der Waals surface area (Å²) in [5.74, 6) is 0.165. The maximum atomic E-state index is 12.6. The van der Waals surface area contributed by atoms with Crippen molar-refractivity contribution >= 4 is 34.5 Å². The number of hydrogen-bond donors (Lipinski definition) is 3. The van der Waals surface area contributed by atoms with Gasteiger partial charge in [-0.1, -0.05) is 48.5 Å². The second-order valence-corrected chi connectivity index (χ2v) is 8.50. The van der Waals surface area contributed by atoms with Gasteiger partial charge >= 0.3 is 0 Å². The fourth-order valence-corrected chi connectivity index (χ4v) is 4.36. The van der Waals surface area contributed by atoms with Gasteiger partial charge in [0, 0.05) is 16.1 Å². The predicted molar refractivity (Wildman–Crippen MR) is 137 cm³/mol. The Balaban J connectivity index is 1.35. The second-order valence-electron chi connectivity index (χ2n) is 7.52. The van der Waals surface area contributed by atoms with Gasteiger partial charge in [0.15, 0.2) is 0 Å². The van der Waals surface area contributed by atoms with Crippen molar-refractivity contribution in [3.8, 4) is 5.75 Å². The first-order valence-electron chi connectivity index (χ1n) is 10.8. The SMILES string of the molecule is COc1ccccc1NC(=O)c1ccc(NC(=O)CN[C@H](c2ccccc2)c2cccs2)cc1. The molecule has 172 valence electrons. The molecule has 7 heteroatoms. The highest BCUT2D eigenvalue weighted by molar-refractivity contribution is 7.10. The molecule has 1 heterocycles. The molecule has 0 aliphatic rings. The Bertz CT molecular complexity index is 1230. The van der Waals surface area contributed by atoms with E-state index in [1.807, 2.05) is 53.9 Å². The Kier molecular flexibility index (Phi) is 7.70. The number of anilines is 2. The van der Waals surface area contributed by atoms with E-state index in [9.17, 15) is 9.59 Å². The quantitative estimate of drug-likeness (QED) is 0.308. The lowest BCUT2D eigenvalue weighted by Crippen LogP contribution is -2.31. The zero-order valence-corrected chi connectivity index (χ0v) is 19.5. The molecule has 0 fully saturated rings. The molecule has 0 saturated carbocycles. The Morgan fingerprint density at radius 3 is 2.29 bits per heavy atom. The van der Waals surface area contributed by atoms with Crippen molar-refractivity contribution < 1.29 is 14.3 Å². The molecule has 0 spiro atoms. The molecule has 0 unspecified atom stereocenters. The summed E-state index contributed by atoms with van der Waals surface area (Å²) in [6.45, 7) is 0.146. The third kappa shape index (κ3) is 5.89. The van der Waals surface area contributed by atoms with Gasteiger partial charge in [-0.3, -0.25) is 14.9 Å². The van der Waals surface area contributed by atoms with Gasteiger partial charge in [0.05, 0.1) is 25.4 Å². The molecular formula is C27H25N3O3S. The van der Waals surface area contributed by atoms with E-state index >= 15 is 0 Å². The van der Waals surface area contributed by atoms with Gasteiger partial charge in [-0.05, 0) is 53.4 Å². The minimum Gasteiger partial charge on any atom is -0.495 e. The minimum atomic E-state index is -0.259. The number of carbonyl (C=O) groups is 2.